The molecule has 0 N–H and O–H groups in total. The Morgan fingerprint density at radius 2 is 1.71 bits per heavy atom. The molecule has 2 aromatic carbocycles. The van der Waals surface area contributed by atoms with Crippen LogP contribution in [0.2, 0.25) is 0 Å². The Labute approximate surface area is 136 Å². The van der Waals surface area contributed by atoms with Crippen molar-refractivity contribution in [3.05, 3.63) is 76.6 Å². The second-order valence-corrected chi connectivity index (χ2v) is 5.04. The molecular weight excluding hydrogens is 306 g/mol. The Bertz CT molecular complexity index is 1080. The summed E-state index contributed by atoms with van der Waals surface area (Å²) in [7, 11) is 0. The number of para-hydroxylation sites is 1. The van der Waals surface area contributed by atoms with E-state index in [9.17, 15) is 4.79 Å². The van der Waals surface area contributed by atoms with Gasteiger partial charge in [0.05, 0.1) is 0 Å². The van der Waals surface area contributed by atoms with Crippen molar-refractivity contribution >= 4 is 23.2 Å². The van der Waals surface area contributed by atoms with Crippen LogP contribution in [-0.4, -0.2) is 16.4 Å². The van der Waals surface area contributed by atoms with E-state index >= 15 is 0 Å². The summed E-state index contributed by atoms with van der Waals surface area (Å²) < 4.78 is 10.7. The first kappa shape index (κ1) is 14.1. The highest BCUT2D eigenvalue weighted by atomic mass is 16.4. The number of benzene rings is 2. The lowest BCUT2D eigenvalue weighted by Gasteiger charge is -1.97. The van der Waals surface area contributed by atoms with Crippen molar-refractivity contribution in [1.82, 2.24) is 10.2 Å². The zero-order valence-electron chi connectivity index (χ0n) is 12.4. The number of hydrogen-bond donors (Lipinski definition) is 0. The number of fused-ring (bicyclic) bond motifs is 1. The third-order valence-corrected chi connectivity index (χ3v) is 3.41. The zero-order valence-corrected chi connectivity index (χ0v) is 12.4. The smallest absolute Gasteiger partial charge is 0.349 e. The maximum absolute atomic E-state index is 12.1. The zero-order chi connectivity index (χ0) is 16.4. The van der Waals surface area contributed by atoms with E-state index < -0.39 is 5.63 Å². The Hall–Kier alpha value is -3.54. The minimum absolute atomic E-state index is 0.0708. The van der Waals surface area contributed by atoms with Gasteiger partial charge < -0.3 is 8.83 Å². The van der Waals surface area contributed by atoms with Crippen LogP contribution < -0.4 is 5.63 Å². The topological polar surface area (TPSA) is 81.5 Å². The number of aliphatic imine (C=N–C) groups is 1. The molecule has 6 nitrogen and oxygen atoms in total. The van der Waals surface area contributed by atoms with Crippen molar-refractivity contribution in [2.75, 3.05) is 0 Å². The number of hydrogen-bond acceptors (Lipinski definition) is 6. The lowest BCUT2D eigenvalue weighted by atomic mass is 10.2. The van der Waals surface area contributed by atoms with E-state index in [2.05, 4.69) is 15.2 Å². The molecule has 0 spiro atoms. The molecule has 0 unspecified atom stereocenters. The van der Waals surface area contributed by atoms with E-state index in [0.29, 0.717) is 5.58 Å². The highest BCUT2D eigenvalue weighted by Crippen LogP contribution is 2.22. The van der Waals surface area contributed by atoms with Crippen molar-refractivity contribution in [3.8, 4) is 11.5 Å². The SMILES string of the molecule is O=c1oc2ccccc2cc1-c1nnc(/N=C/c2ccccc2)o1. The molecule has 0 aliphatic heterocycles. The predicted octanol–water partition coefficient (Wildman–Crippen LogP) is 3.59. The van der Waals surface area contributed by atoms with Gasteiger partial charge in [-0.15, -0.1) is 5.10 Å². The van der Waals surface area contributed by atoms with Crippen molar-refractivity contribution in [1.29, 1.82) is 0 Å². The predicted molar refractivity (Wildman–Crippen MR) is 89.5 cm³/mol. The maximum atomic E-state index is 12.1. The molecule has 0 saturated heterocycles. The number of rotatable bonds is 3. The molecule has 0 bridgehead atoms. The van der Waals surface area contributed by atoms with E-state index in [-0.39, 0.29) is 17.5 Å². The molecular formula is C18H11N3O3. The molecule has 0 fully saturated rings. The molecule has 2 aromatic heterocycles. The van der Waals surface area contributed by atoms with E-state index in [1.54, 1.807) is 24.4 Å². The molecule has 0 saturated carbocycles. The molecule has 4 aromatic rings. The van der Waals surface area contributed by atoms with Gasteiger partial charge in [-0.3, -0.25) is 0 Å². The number of aromatic nitrogens is 2. The monoisotopic (exact) mass is 317 g/mol. The molecule has 0 radical (unpaired) electrons. The van der Waals surface area contributed by atoms with Gasteiger partial charge in [0.2, 0.25) is 0 Å². The Kier molecular flexibility index (Phi) is 3.47. The Balaban J connectivity index is 1.69. The molecule has 4 rings (SSSR count). The molecule has 6 heteroatoms. The van der Waals surface area contributed by atoms with Crippen LogP contribution in [0.25, 0.3) is 22.4 Å². The largest absolute Gasteiger partial charge is 0.422 e. The fraction of sp³-hybridized carbons (Fsp3) is 0. The van der Waals surface area contributed by atoms with Gasteiger partial charge in [-0.1, -0.05) is 53.6 Å². The molecule has 0 aliphatic rings. The highest BCUT2D eigenvalue weighted by molar-refractivity contribution is 5.81. The minimum Gasteiger partial charge on any atom is -0.422 e. The first-order chi connectivity index (χ1) is 11.8. The molecule has 24 heavy (non-hydrogen) atoms. The van der Waals surface area contributed by atoms with Gasteiger partial charge in [-0.25, -0.2) is 9.79 Å². The Morgan fingerprint density at radius 3 is 2.58 bits per heavy atom. The fourth-order valence-electron chi connectivity index (χ4n) is 2.26. The Morgan fingerprint density at radius 1 is 0.917 bits per heavy atom. The van der Waals surface area contributed by atoms with Crippen LogP contribution in [-0.2, 0) is 0 Å². The van der Waals surface area contributed by atoms with Crippen molar-refractivity contribution in [2.24, 2.45) is 4.99 Å². The molecule has 116 valence electrons. The highest BCUT2D eigenvalue weighted by Gasteiger charge is 2.14. The maximum Gasteiger partial charge on any atom is 0.349 e. The van der Waals surface area contributed by atoms with E-state index in [0.717, 1.165) is 10.9 Å². The summed E-state index contributed by atoms with van der Waals surface area (Å²) in [4.78, 5) is 16.2. The van der Waals surface area contributed by atoms with Gasteiger partial charge in [0.15, 0.2) is 0 Å². The van der Waals surface area contributed by atoms with E-state index in [4.69, 9.17) is 8.83 Å². The summed E-state index contributed by atoms with van der Waals surface area (Å²) in [6.45, 7) is 0. The van der Waals surface area contributed by atoms with Crippen molar-refractivity contribution in [3.63, 3.8) is 0 Å². The van der Waals surface area contributed by atoms with Gasteiger partial charge in [-0.2, -0.15) is 0 Å². The normalized spacial score (nSPS) is 11.3. The van der Waals surface area contributed by atoms with E-state index in [1.165, 1.54) is 0 Å². The second kappa shape index (κ2) is 5.92. The number of nitrogens with zero attached hydrogens (tertiary/aromatic N) is 3. The molecule has 0 aliphatic carbocycles. The third-order valence-electron chi connectivity index (χ3n) is 3.41. The minimum atomic E-state index is -0.532. The van der Waals surface area contributed by atoms with Gasteiger partial charge in [0.25, 0.3) is 5.89 Å². The average molecular weight is 317 g/mol. The fourth-order valence-corrected chi connectivity index (χ4v) is 2.26. The van der Waals surface area contributed by atoms with Crippen molar-refractivity contribution in [2.45, 2.75) is 0 Å². The lowest BCUT2D eigenvalue weighted by Crippen LogP contribution is -2.02. The van der Waals surface area contributed by atoms with Crippen LogP contribution in [0.4, 0.5) is 6.01 Å². The van der Waals surface area contributed by atoms with Crippen molar-refractivity contribution < 1.29 is 8.83 Å². The summed E-state index contributed by atoms with van der Waals surface area (Å²) in [5.41, 5.74) is 1.09. The summed E-state index contributed by atoms with van der Waals surface area (Å²) in [5, 5.41) is 8.49. The van der Waals surface area contributed by atoms with Gasteiger partial charge >= 0.3 is 11.6 Å². The van der Waals surface area contributed by atoms with Gasteiger partial charge in [0, 0.05) is 11.6 Å². The van der Waals surface area contributed by atoms with Crippen LogP contribution in [0.1, 0.15) is 5.56 Å². The molecule has 0 amide bonds. The lowest BCUT2D eigenvalue weighted by molar-refractivity contribution is 0.546. The average Bonchev–Trinajstić information content (AvgIpc) is 3.09. The van der Waals surface area contributed by atoms with Gasteiger partial charge in [-0.05, 0) is 17.7 Å². The second-order valence-electron chi connectivity index (χ2n) is 5.04. The molecule has 0 atom stereocenters. The van der Waals surface area contributed by atoms with Crippen LogP contribution in [0.3, 0.4) is 0 Å². The van der Waals surface area contributed by atoms with Crippen LogP contribution in [0.15, 0.2) is 79.3 Å². The summed E-state index contributed by atoms with van der Waals surface area (Å²) in [5.74, 6) is 0.0784. The summed E-state index contributed by atoms with van der Waals surface area (Å²) >= 11 is 0. The van der Waals surface area contributed by atoms with Crippen LogP contribution in [0, 0.1) is 0 Å². The first-order valence-corrected chi connectivity index (χ1v) is 7.25. The molecule has 2 heterocycles. The standard InChI is InChI=1S/C18H11N3O3/c22-17-14(10-13-8-4-5-9-15(13)23-17)16-20-21-18(24-16)19-11-12-6-2-1-3-7-12/h1-11H/b19-11+. The first-order valence-electron chi connectivity index (χ1n) is 7.25. The van der Waals surface area contributed by atoms with Crippen LogP contribution >= 0.6 is 0 Å². The van der Waals surface area contributed by atoms with Crippen LogP contribution in [0.5, 0.6) is 0 Å². The quantitative estimate of drug-likeness (QED) is 0.426. The van der Waals surface area contributed by atoms with E-state index in [1.807, 2.05) is 42.5 Å². The third kappa shape index (κ3) is 2.72. The summed E-state index contributed by atoms with van der Waals surface area (Å²) in [6.07, 6.45) is 1.61. The van der Waals surface area contributed by atoms with Gasteiger partial charge in [0.1, 0.15) is 11.1 Å². The summed E-state index contributed by atoms with van der Waals surface area (Å²) in [6, 6.07) is 18.5.